The van der Waals surface area contributed by atoms with Crippen LogP contribution in [0, 0.1) is 11.3 Å². The zero-order valence-corrected chi connectivity index (χ0v) is 15.4. The molecule has 3 rings (SSSR count). The molecule has 2 aromatic rings. The van der Waals surface area contributed by atoms with Gasteiger partial charge in [-0.1, -0.05) is 0 Å². The summed E-state index contributed by atoms with van der Waals surface area (Å²) in [5.41, 5.74) is 4.17. The van der Waals surface area contributed by atoms with Gasteiger partial charge in [-0.05, 0) is 0 Å². The number of benzene rings is 2. The molecule has 5 heteroatoms. The number of nitrogens with zero attached hydrogens (tertiary/aromatic N) is 1. The first kappa shape index (κ1) is 16.4. The van der Waals surface area contributed by atoms with E-state index >= 15 is 0 Å². The Kier molecular flexibility index (Phi) is 4.99. The second kappa shape index (κ2) is 6.99. The molecule has 2 aromatic carbocycles. The van der Waals surface area contributed by atoms with Crippen molar-refractivity contribution in [3.8, 4) is 6.07 Å². The Labute approximate surface area is 149 Å². The summed E-state index contributed by atoms with van der Waals surface area (Å²) in [5.74, 6) is 0. The Morgan fingerprint density at radius 2 is 1.39 bits per heavy atom. The molecule has 1 aliphatic heterocycles. The zero-order chi connectivity index (χ0) is 16.4. The van der Waals surface area contributed by atoms with Gasteiger partial charge in [0.05, 0.1) is 0 Å². The summed E-state index contributed by atoms with van der Waals surface area (Å²) in [4.78, 5) is -0.378. The molecule has 0 radical (unpaired) electrons. The van der Waals surface area contributed by atoms with Crippen LogP contribution in [0.15, 0.2) is 48.5 Å². The van der Waals surface area contributed by atoms with E-state index in [-0.39, 0.29) is 4.82 Å². The molecule has 2 atom stereocenters. The van der Waals surface area contributed by atoms with Gasteiger partial charge in [0.25, 0.3) is 0 Å². The number of allylic oxidation sites excluding steroid dienone is 2. The summed E-state index contributed by atoms with van der Waals surface area (Å²) in [6.07, 6.45) is 0.518. The average molecular weight is 409 g/mol. The molecule has 0 saturated carbocycles. The van der Waals surface area contributed by atoms with Crippen LogP contribution in [0.4, 0.5) is 0 Å². The van der Waals surface area contributed by atoms with Crippen molar-refractivity contribution in [2.24, 2.45) is 0 Å². The third kappa shape index (κ3) is 3.57. The maximum atomic E-state index is 12.4. The SMILES string of the molecule is N#CC1CC(c2ccc(Cl)cc2)=C(c2ccc(Cl)cc2)C[Se]1=O. The molecule has 1 heterocycles. The van der Waals surface area contributed by atoms with Gasteiger partial charge in [-0.3, -0.25) is 0 Å². The van der Waals surface area contributed by atoms with E-state index in [2.05, 4.69) is 6.07 Å². The van der Waals surface area contributed by atoms with Gasteiger partial charge < -0.3 is 0 Å². The normalized spacial score (nSPS) is 21.1. The topological polar surface area (TPSA) is 40.9 Å². The van der Waals surface area contributed by atoms with Crippen LogP contribution in [-0.4, -0.2) is 13.8 Å². The number of hydrogen-bond donors (Lipinski definition) is 0. The molecule has 116 valence electrons. The van der Waals surface area contributed by atoms with Crippen LogP contribution in [0.5, 0.6) is 0 Å². The van der Waals surface area contributed by atoms with Crippen molar-refractivity contribution < 1.29 is 3.83 Å². The van der Waals surface area contributed by atoms with Gasteiger partial charge in [-0.2, -0.15) is 0 Å². The molecule has 0 amide bonds. The molecule has 0 spiro atoms. The molecule has 0 aliphatic carbocycles. The molecule has 1 aliphatic rings. The molecule has 0 fully saturated rings. The van der Waals surface area contributed by atoms with Gasteiger partial charge >= 0.3 is 150 Å². The third-order valence-electron chi connectivity index (χ3n) is 3.89. The van der Waals surface area contributed by atoms with Gasteiger partial charge in [0.2, 0.25) is 0 Å². The van der Waals surface area contributed by atoms with Crippen LogP contribution >= 0.6 is 23.2 Å². The molecule has 23 heavy (non-hydrogen) atoms. The van der Waals surface area contributed by atoms with Crippen LogP contribution in [0.1, 0.15) is 17.5 Å². The van der Waals surface area contributed by atoms with Crippen molar-refractivity contribution >= 4 is 48.2 Å². The van der Waals surface area contributed by atoms with E-state index in [0.29, 0.717) is 21.8 Å². The summed E-state index contributed by atoms with van der Waals surface area (Å²) in [6.45, 7) is 0. The molecule has 0 saturated heterocycles. The third-order valence-corrected chi connectivity index (χ3v) is 7.50. The van der Waals surface area contributed by atoms with Crippen molar-refractivity contribution in [2.45, 2.75) is 16.6 Å². The fraction of sp³-hybridized carbons (Fsp3) is 0.167. The monoisotopic (exact) mass is 409 g/mol. The first-order chi connectivity index (χ1) is 11.1. The van der Waals surface area contributed by atoms with E-state index in [1.165, 1.54) is 0 Å². The molecule has 2 nitrogen and oxygen atoms in total. The van der Waals surface area contributed by atoms with E-state index in [1.54, 1.807) is 0 Å². The van der Waals surface area contributed by atoms with E-state index in [9.17, 15) is 9.10 Å². The fourth-order valence-corrected chi connectivity index (χ4v) is 5.66. The Bertz CT molecular complexity index is 820. The van der Waals surface area contributed by atoms with Crippen LogP contribution in [0.25, 0.3) is 11.1 Å². The summed E-state index contributed by atoms with van der Waals surface area (Å²) >= 11 is 9.74. The second-order valence-corrected chi connectivity index (χ2v) is 9.59. The van der Waals surface area contributed by atoms with Crippen molar-refractivity contribution in [3.05, 3.63) is 69.7 Å². The van der Waals surface area contributed by atoms with Gasteiger partial charge in [0.1, 0.15) is 0 Å². The number of hydrogen-bond acceptors (Lipinski definition) is 2. The van der Waals surface area contributed by atoms with Crippen LogP contribution in [-0.2, 0) is 3.83 Å². The minimum atomic E-state index is -2.20. The van der Waals surface area contributed by atoms with Gasteiger partial charge in [0.15, 0.2) is 0 Å². The molecule has 0 aromatic heterocycles. The quantitative estimate of drug-likeness (QED) is 0.604. The summed E-state index contributed by atoms with van der Waals surface area (Å²) in [7, 11) is 0. The molecule has 0 bridgehead atoms. The zero-order valence-electron chi connectivity index (χ0n) is 12.1. The number of nitriles is 1. The molecule has 2 unspecified atom stereocenters. The van der Waals surface area contributed by atoms with Crippen molar-refractivity contribution in [1.82, 2.24) is 0 Å². The molecular formula is C18H13Cl2NOSe. The van der Waals surface area contributed by atoms with Crippen molar-refractivity contribution in [1.29, 1.82) is 5.26 Å². The summed E-state index contributed by atoms with van der Waals surface area (Å²) < 4.78 is 12.4. The number of halogens is 2. The first-order valence-electron chi connectivity index (χ1n) is 7.09. The minimum absolute atomic E-state index is 0.378. The standard InChI is InChI=1S/C18H13Cl2NOSe/c19-14-5-1-12(2-6-14)17-9-16(10-21)23(22)11-18(17)13-3-7-15(20)8-4-13/h1-8,16H,9,11H2. The van der Waals surface area contributed by atoms with E-state index in [4.69, 9.17) is 23.2 Å². The predicted octanol–water partition coefficient (Wildman–Crippen LogP) is 5.62. The molecule has 0 N–H and O–H groups in total. The van der Waals surface area contributed by atoms with Gasteiger partial charge in [0, 0.05) is 0 Å². The summed E-state index contributed by atoms with van der Waals surface area (Å²) in [6, 6.07) is 17.3. The summed E-state index contributed by atoms with van der Waals surface area (Å²) in [5, 5.41) is 11.1. The fourth-order valence-electron chi connectivity index (χ4n) is 2.69. The Morgan fingerprint density at radius 1 is 0.913 bits per heavy atom. The Hall–Kier alpha value is -1.43. The van der Waals surface area contributed by atoms with E-state index in [1.807, 2.05) is 48.5 Å². The van der Waals surface area contributed by atoms with Crippen LogP contribution in [0.3, 0.4) is 0 Å². The molecular weight excluding hydrogens is 396 g/mol. The van der Waals surface area contributed by atoms with E-state index in [0.717, 1.165) is 22.3 Å². The van der Waals surface area contributed by atoms with Crippen LogP contribution in [0.2, 0.25) is 20.2 Å². The second-order valence-electron chi connectivity index (χ2n) is 5.32. The number of rotatable bonds is 2. The Balaban J connectivity index is 2.14. The maximum absolute atomic E-state index is 12.4. The van der Waals surface area contributed by atoms with Gasteiger partial charge in [-0.25, -0.2) is 0 Å². The predicted molar refractivity (Wildman–Crippen MR) is 94.9 cm³/mol. The van der Waals surface area contributed by atoms with Crippen molar-refractivity contribution in [2.75, 3.05) is 0 Å². The van der Waals surface area contributed by atoms with Crippen LogP contribution < -0.4 is 0 Å². The van der Waals surface area contributed by atoms with Crippen molar-refractivity contribution in [3.63, 3.8) is 0 Å². The average Bonchev–Trinajstić information content (AvgIpc) is 2.56. The van der Waals surface area contributed by atoms with E-state index < -0.39 is 13.8 Å². The Morgan fingerprint density at radius 3 is 1.87 bits per heavy atom. The first-order valence-corrected chi connectivity index (χ1v) is 10.7. The van der Waals surface area contributed by atoms with Gasteiger partial charge in [-0.15, -0.1) is 0 Å².